The van der Waals surface area contributed by atoms with E-state index in [1.54, 1.807) is 6.08 Å². The number of anilines is 3. The third-order valence-corrected chi connectivity index (χ3v) is 13.6. The maximum absolute atomic E-state index is 14.3. The van der Waals surface area contributed by atoms with Crippen molar-refractivity contribution in [3.8, 4) is 0 Å². The number of Topliss-reactive ketones (excluding diaryl/α,β-unsaturated/α-hetero) is 1. The van der Waals surface area contributed by atoms with Crippen LogP contribution in [0.5, 0.6) is 0 Å². The van der Waals surface area contributed by atoms with E-state index in [1.807, 2.05) is 6.08 Å². The number of hydrogen-bond donors (Lipinski definition) is 1. The Morgan fingerprint density at radius 2 is 1.57 bits per heavy atom. The molecule has 0 bridgehead atoms. The topological polar surface area (TPSA) is 112 Å². The second-order valence-electron chi connectivity index (χ2n) is 16.3. The molecule has 11 nitrogen and oxygen atoms in total. The number of ether oxygens (including phenoxy) is 2. The van der Waals surface area contributed by atoms with E-state index < -0.39 is 6.10 Å². The molecule has 0 aromatic carbocycles. The predicted octanol–water partition coefficient (Wildman–Crippen LogP) is 2.98. The second kappa shape index (κ2) is 13.0. The zero-order valence-electron chi connectivity index (χ0n) is 29.6. The largest absolute Gasteiger partial charge is 0.393 e. The Morgan fingerprint density at radius 1 is 0.939 bits per heavy atom. The summed E-state index contributed by atoms with van der Waals surface area (Å²) in [7, 11) is 0. The Morgan fingerprint density at radius 3 is 2.24 bits per heavy atom. The zero-order chi connectivity index (χ0) is 33.9. The molecule has 8 rings (SSSR count). The zero-order valence-corrected chi connectivity index (χ0v) is 29.6. The summed E-state index contributed by atoms with van der Waals surface area (Å²) in [6.07, 6.45) is 8.69. The number of allylic oxidation sites excluding steroid dienone is 4. The number of aliphatic hydroxyl groups is 1. The number of fused-ring (bicyclic) bond motifs is 5. The highest BCUT2D eigenvalue weighted by molar-refractivity contribution is 6.01. The average Bonchev–Trinajstić information content (AvgIpc) is 3.38. The smallest absolute Gasteiger partial charge is 0.229 e. The fourth-order valence-corrected chi connectivity index (χ4v) is 11.3. The molecule has 0 unspecified atom stereocenters. The minimum atomic E-state index is -0.487. The molecule has 7 aliphatic rings. The van der Waals surface area contributed by atoms with Gasteiger partial charge in [0.25, 0.3) is 0 Å². The molecule has 0 spiro atoms. The highest BCUT2D eigenvalue weighted by atomic mass is 16.5. The maximum atomic E-state index is 14.3. The van der Waals surface area contributed by atoms with Crippen molar-refractivity contribution in [2.45, 2.75) is 52.6 Å². The molecule has 0 amide bonds. The van der Waals surface area contributed by atoms with E-state index in [1.165, 1.54) is 5.57 Å². The molecule has 3 aliphatic heterocycles. The highest BCUT2D eigenvalue weighted by Gasteiger charge is 2.64. The van der Waals surface area contributed by atoms with Crippen LogP contribution >= 0.6 is 0 Å². The molecule has 1 N–H and O–H groups in total. The Bertz CT molecular complexity index is 1460. The van der Waals surface area contributed by atoms with Crippen molar-refractivity contribution in [3.63, 3.8) is 0 Å². The Balaban J connectivity index is 0.944. The van der Waals surface area contributed by atoms with Crippen LogP contribution in [0.4, 0.5) is 17.6 Å². The van der Waals surface area contributed by atoms with Gasteiger partial charge in [0.1, 0.15) is 11.6 Å². The number of aromatic nitrogens is 2. The van der Waals surface area contributed by atoms with Gasteiger partial charge in [-0.25, -0.2) is 0 Å². The van der Waals surface area contributed by atoms with Crippen LogP contribution in [0.2, 0.25) is 0 Å². The summed E-state index contributed by atoms with van der Waals surface area (Å²) in [6, 6.07) is 2.13. The monoisotopic (exact) mass is 674 g/mol. The summed E-state index contributed by atoms with van der Waals surface area (Å²) in [5.41, 5.74) is 0.689. The minimum absolute atomic E-state index is 0.0478. The number of carbonyl (C=O) groups excluding carboxylic acids is 2. The summed E-state index contributed by atoms with van der Waals surface area (Å²) in [5.74, 6) is 4.18. The molecule has 1 aromatic rings. The Kier molecular flexibility index (Phi) is 8.86. The third kappa shape index (κ3) is 5.92. The predicted molar refractivity (Wildman–Crippen MR) is 188 cm³/mol. The molecule has 8 atom stereocenters. The lowest BCUT2D eigenvalue weighted by atomic mass is 9.46. The number of hydrogen-bond acceptors (Lipinski definition) is 11. The van der Waals surface area contributed by atoms with Crippen LogP contribution in [0.15, 0.2) is 29.9 Å². The van der Waals surface area contributed by atoms with Gasteiger partial charge in [-0.3, -0.25) is 14.5 Å². The normalized spacial score (nSPS) is 38.2. The van der Waals surface area contributed by atoms with Gasteiger partial charge in [-0.1, -0.05) is 32.4 Å². The van der Waals surface area contributed by atoms with Crippen molar-refractivity contribution in [1.82, 2.24) is 14.9 Å². The first-order valence-electron chi connectivity index (χ1n) is 18.8. The summed E-state index contributed by atoms with van der Waals surface area (Å²) in [5, 5.41) is 11.8. The molecule has 6 fully saturated rings. The lowest BCUT2D eigenvalue weighted by molar-refractivity contribution is -0.141. The van der Waals surface area contributed by atoms with E-state index in [-0.39, 0.29) is 28.4 Å². The minimum Gasteiger partial charge on any atom is -0.393 e. The van der Waals surface area contributed by atoms with E-state index in [4.69, 9.17) is 19.4 Å². The molecular weight excluding hydrogens is 620 g/mol. The number of rotatable bonds is 6. The number of piperazine rings is 1. The molecule has 0 radical (unpaired) electrons. The Labute approximate surface area is 290 Å². The van der Waals surface area contributed by atoms with E-state index in [0.29, 0.717) is 62.9 Å². The number of ketones is 2. The molecule has 49 heavy (non-hydrogen) atoms. The van der Waals surface area contributed by atoms with Gasteiger partial charge in [-0.15, -0.1) is 0 Å². The van der Waals surface area contributed by atoms with Crippen molar-refractivity contribution < 1.29 is 24.2 Å². The van der Waals surface area contributed by atoms with Gasteiger partial charge in [-0.2, -0.15) is 9.97 Å². The fourth-order valence-electron chi connectivity index (χ4n) is 11.3. The maximum Gasteiger partial charge on any atom is 0.229 e. The summed E-state index contributed by atoms with van der Waals surface area (Å²) in [4.78, 5) is 45.8. The SMILES string of the molecule is C[C@@H]1C[C@H]2[C@@H]3CCC4=CC(=O)C=C[C@]4(C)[C@H]3[C@H](O)C[C@]2(C)[C@H]1C(=O)CN1CCN(c2cc(N3CCOCC3)nc(N3CCOCC3)n2)CC1. The van der Waals surface area contributed by atoms with Gasteiger partial charge in [0.05, 0.1) is 39.1 Å². The average molecular weight is 675 g/mol. The lowest BCUT2D eigenvalue weighted by Gasteiger charge is -2.58. The van der Waals surface area contributed by atoms with Crippen molar-refractivity contribution >= 4 is 29.2 Å². The third-order valence-electron chi connectivity index (χ3n) is 13.6. The van der Waals surface area contributed by atoms with Crippen LogP contribution < -0.4 is 14.7 Å². The van der Waals surface area contributed by atoms with E-state index in [9.17, 15) is 14.7 Å². The van der Waals surface area contributed by atoms with Gasteiger partial charge in [0.15, 0.2) is 11.6 Å². The first-order chi connectivity index (χ1) is 23.6. The standard InChI is InChI=1S/C38H54N6O5/c1-25-20-29-28-5-4-26-21-27(45)6-7-37(26,2)35(28)30(46)23-38(29,3)34(25)31(47)24-41-8-10-42(11-9-41)32-22-33(43-12-16-48-17-13-43)40-36(39-32)44-14-18-49-19-15-44/h6-7,21-22,25,28-30,34-35,46H,4-5,8-20,23-24H2,1-3H3/t25-,28+,29+,30-,34-,35-,37+,38+/m1/s1. The summed E-state index contributed by atoms with van der Waals surface area (Å²) < 4.78 is 11.2. The van der Waals surface area contributed by atoms with Gasteiger partial charge < -0.3 is 29.3 Å². The molecule has 4 aliphatic carbocycles. The molecule has 3 saturated heterocycles. The van der Waals surface area contributed by atoms with Gasteiger partial charge in [0.2, 0.25) is 5.95 Å². The van der Waals surface area contributed by atoms with Crippen LogP contribution in [-0.4, -0.2) is 123 Å². The van der Waals surface area contributed by atoms with Crippen molar-refractivity contribution in [1.29, 1.82) is 0 Å². The molecule has 4 heterocycles. The lowest BCUT2D eigenvalue weighted by Crippen LogP contribution is -2.57. The van der Waals surface area contributed by atoms with E-state index in [0.717, 1.165) is 89.2 Å². The van der Waals surface area contributed by atoms with Gasteiger partial charge in [-0.05, 0) is 61.0 Å². The second-order valence-corrected chi connectivity index (χ2v) is 16.3. The molecule has 1 aromatic heterocycles. The number of morpholine rings is 2. The van der Waals surface area contributed by atoms with E-state index >= 15 is 0 Å². The van der Waals surface area contributed by atoms with Crippen molar-refractivity contribution in [3.05, 3.63) is 29.9 Å². The van der Waals surface area contributed by atoms with Crippen LogP contribution in [-0.2, 0) is 19.1 Å². The van der Waals surface area contributed by atoms with Crippen LogP contribution in [0.25, 0.3) is 0 Å². The first kappa shape index (κ1) is 33.3. The van der Waals surface area contributed by atoms with Gasteiger partial charge >= 0.3 is 0 Å². The van der Waals surface area contributed by atoms with Gasteiger partial charge in [0, 0.05) is 75.7 Å². The molecular formula is C38H54N6O5. The number of carbonyl (C=O) groups is 2. The first-order valence-corrected chi connectivity index (χ1v) is 18.8. The van der Waals surface area contributed by atoms with Crippen molar-refractivity contribution in [2.24, 2.45) is 40.4 Å². The van der Waals surface area contributed by atoms with Crippen LogP contribution in [0.1, 0.15) is 46.5 Å². The molecule has 3 saturated carbocycles. The molecule has 266 valence electrons. The van der Waals surface area contributed by atoms with Crippen LogP contribution in [0.3, 0.4) is 0 Å². The van der Waals surface area contributed by atoms with Crippen molar-refractivity contribution in [2.75, 3.05) is 100 Å². The Hall–Kier alpha value is -2.86. The van der Waals surface area contributed by atoms with E-state index in [2.05, 4.69) is 52.5 Å². The number of aliphatic hydroxyl groups excluding tert-OH is 1. The summed E-state index contributed by atoms with van der Waals surface area (Å²) >= 11 is 0. The quantitative estimate of drug-likeness (QED) is 0.481. The highest BCUT2D eigenvalue weighted by Crippen LogP contribution is 2.67. The number of nitrogens with zero attached hydrogens (tertiary/aromatic N) is 6. The fraction of sp³-hybridized carbons (Fsp3) is 0.737. The molecule has 11 heteroatoms. The van der Waals surface area contributed by atoms with Crippen LogP contribution in [0, 0.1) is 40.4 Å². The summed E-state index contributed by atoms with van der Waals surface area (Å²) in [6.45, 7) is 16.5.